The average molecular weight is 370 g/mol. The number of aryl methyl sites for hydroxylation is 1. The first kappa shape index (κ1) is 17.0. The molecule has 0 bridgehead atoms. The summed E-state index contributed by atoms with van der Waals surface area (Å²) in [7, 11) is -3.50. The Morgan fingerprint density at radius 2 is 1.88 bits per heavy atom. The van der Waals surface area contributed by atoms with Gasteiger partial charge in [0.05, 0.1) is 4.90 Å². The van der Waals surface area contributed by atoms with Crippen LogP contribution in [0, 0.1) is 12.7 Å². The Bertz CT molecular complexity index is 1100. The van der Waals surface area contributed by atoms with Gasteiger partial charge in [-0.05, 0) is 49.2 Å². The molecule has 3 aromatic rings. The summed E-state index contributed by atoms with van der Waals surface area (Å²) in [5.74, 6) is -0.279. The van der Waals surface area contributed by atoms with E-state index < -0.39 is 10.0 Å². The van der Waals surface area contributed by atoms with Crippen molar-refractivity contribution in [3.8, 4) is 0 Å². The Morgan fingerprint density at radius 1 is 1.12 bits per heavy atom. The maximum atomic E-state index is 13.6. The fourth-order valence-corrected chi connectivity index (χ4v) is 4.71. The smallest absolute Gasteiger partial charge is 0.243 e. The van der Waals surface area contributed by atoms with E-state index in [9.17, 15) is 12.8 Å². The molecular weight excluding hydrogens is 351 g/mol. The molecule has 2 aromatic carbocycles. The van der Waals surface area contributed by atoms with Gasteiger partial charge in [0.15, 0.2) is 0 Å². The van der Waals surface area contributed by atoms with Gasteiger partial charge in [-0.3, -0.25) is 0 Å². The van der Waals surface area contributed by atoms with Crippen molar-refractivity contribution < 1.29 is 12.8 Å². The minimum Gasteiger partial charge on any atom is -0.361 e. The summed E-state index contributed by atoms with van der Waals surface area (Å²) in [4.78, 5) is 3.46. The van der Waals surface area contributed by atoms with Gasteiger partial charge in [-0.25, -0.2) is 12.8 Å². The predicted octanol–water partition coefficient (Wildman–Crippen LogP) is 4.09. The van der Waals surface area contributed by atoms with Gasteiger partial charge >= 0.3 is 0 Å². The highest BCUT2D eigenvalue weighted by Gasteiger charge is 2.26. The summed E-state index contributed by atoms with van der Waals surface area (Å²) in [6, 6.07) is 11.5. The van der Waals surface area contributed by atoms with E-state index >= 15 is 0 Å². The largest absolute Gasteiger partial charge is 0.361 e. The number of H-pyrrole nitrogens is 1. The Balaban J connectivity index is 1.61. The Hall–Kier alpha value is -2.44. The van der Waals surface area contributed by atoms with E-state index in [1.165, 1.54) is 16.4 Å². The van der Waals surface area contributed by atoms with Crippen molar-refractivity contribution >= 4 is 26.5 Å². The van der Waals surface area contributed by atoms with Crippen LogP contribution in [0.2, 0.25) is 0 Å². The van der Waals surface area contributed by atoms with Gasteiger partial charge in [-0.15, -0.1) is 0 Å². The predicted molar refractivity (Wildman–Crippen MR) is 101 cm³/mol. The number of sulfonamides is 1. The van der Waals surface area contributed by atoms with Gasteiger partial charge in [-0.2, -0.15) is 4.31 Å². The second-order valence-corrected chi connectivity index (χ2v) is 8.49. The SMILES string of the molecule is Cc1ccc(S(=O)(=O)N2CC=C(c3c[nH]c4ccc(F)cc34)CC2)cc1. The van der Waals surface area contributed by atoms with Gasteiger partial charge < -0.3 is 4.98 Å². The quantitative estimate of drug-likeness (QED) is 0.755. The molecule has 0 unspecified atom stereocenters. The third-order valence-electron chi connectivity index (χ3n) is 4.82. The molecule has 6 heteroatoms. The molecule has 0 amide bonds. The van der Waals surface area contributed by atoms with Crippen LogP contribution in [0.3, 0.4) is 0 Å². The molecule has 0 radical (unpaired) electrons. The molecule has 0 atom stereocenters. The van der Waals surface area contributed by atoms with Crippen molar-refractivity contribution in [2.24, 2.45) is 0 Å². The van der Waals surface area contributed by atoms with E-state index in [2.05, 4.69) is 4.98 Å². The van der Waals surface area contributed by atoms with Gasteiger partial charge in [0.1, 0.15) is 5.82 Å². The minimum absolute atomic E-state index is 0.279. The minimum atomic E-state index is -3.50. The van der Waals surface area contributed by atoms with Crippen LogP contribution in [0.5, 0.6) is 0 Å². The number of benzene rings is 2. The van der Waals surface area contributed by atoms with E-state index in [0.717, 1.165) is 27.6 Å². The van der Waals surface area contributed by atoms with Crippen molar-refractivity contribution in [3.63, 3.8) is 0 Å². The molecule has 134 valence electrons. The third kappa shape index (κ3) is 2.95. The van der Waals surface area contributed by atoms with Crippen molar-refractivity contribution in [2.75, 3.05) is 13.1 Å². The second-order valence-electron chi connectivity index (χ2n) is 6.55. The molecule has 0 spiro atoms. The Kier molecular flexibility index (Phi) is 4.17. The third-order valence-corrected chi connectivity index (χ3v) is 6.70. The highest BCUT2D eigenvalue weighted by atomic mass is 32.2. The van der Waals surface area contributed by atoms with Gasteiger partial charge in [0.2, 0.25) is 10.0 Å². The highest BCUT2D eigenvalue weighted by molar-refractivity contribution is 7.89. The molecule has 1 aliphatic heterocycles. The number of hydrogen-bond donors (Lipinski definition) is 1. The van der Waals surface area contributed by atoms with E-state index in [1.54, 1.807) is 30.3 Å². The number of fused-ring (bicyclic) bond motifs is 1. The Morgan fingerprint density at radius 3 is 2.58 bits per heavy atom. The van der Waals surface area contributed by atoms with E-state index in [0.29, 0.717) is 24.4 Å². The molecule has 4 rings (SSSR count). The molecular formula is C20H19FN2O2S. The number of halogens is 1. The van der Waals surface area contributed by atoms with Crippen LogP contribution in [0.1, 0.15) is 17.5 Å². The molecule has 4 nitrogen and oxygen atoms in total. The molecule has 1 aliphatic rings. The van der Waals surface area contributed by atoms with Gasteiger partial charge in [-0.1, -0.05) is 23.8 Å². The molecule has 0 saturated heterocycles. The van der Waals surface area contributed by atoms with Crippen molar-refractivity contribution in [3.05, 3.63) is 71.7 Å². The second kappa shape index (κ2) is 6.37. The van der Waals surface area contributed by atoms with Gasteiger partial charge in [0, 0.05) is 35.8 Å². The monoisotopic (exact) mass is 370 g/mol. The van der Waals surface area contributed by atoms with E-state index in [-0.39, 0.29) is 5.82 Å². The van der Waals surface area contributed by atoms with Crippen molar-refractivity contribution in [1.82, 2.24) is 9.29 Å². The molecule has 0 fully saturated rings. The summed E-state index contributed by atoms with van der Waals surface area (Å²) in [6.07, 6.45) is 4.37. The number of nitrogens with zero attached hydrogens (tertiary/aromatic N) is 1. The summed E-state index contributed by atoms with van der Waals surface area (Å²) in [6.45, 7) is 2.65. The number of hydrogen-bond acceptors (Lipinski definition) is 2. The normalized spacial score (nSPS) is 16.0. The van der Waals surface area contributed by atoms with Crippen molar-refractivity contribution in [2.45, 2.75) is 18.2 Å². The van der Waals surface area contributed by atoms with Crippen LogP contribution in [-0.2, 0) is 10.0 Å². The number of rotatable bonds is 3. The summed E-state index contributed by atoms with van der Waals surface area (Å²) in [5.41, 5.74) is 3.87. The lowest BCUT2D eigenvalue weighted by atomic mass is 10.00. The fraction of sp³-hybridized carbons (Fsp3) is 0.200. The maximum absolute atomic E-state index is 13.6. The number of aromatic amines is 1. The maximum Gasteiger partial charge on any atom is 0.243 e. The van der Waals surface area contributed by atoms with Crippen LogP contribution in [-0.4, -0.2) is 30.8 Å². The summed E-state index contributed by atoms with van der Waals surface area (Å²) in [5, 5.41) is 0.825. The lowest BCUT2D eigenvalue weighted by Gasteiger charge is -2.26. The Labute approximate surface area is 152 Å². The topological polar surface area (TPSA) is 53.2 Å². The van der Waals surface area contributed by atoms with Gasteiger partial charge in [0.25, 0.3) is 0 Å². The molecule has 0 aliphatic carbocycles. The van der Waals surface area contributed by atoms with Crippen LogP contribution < -0.4 is 0 Å². The van der Waals surface area contributed by atoms with Crippen molar-refractivity contribution in [1.29, 1.82) is 0 Å². The molecule has 1 N–H and O–H groups in total. The molecule has 26 heavy (non-hydrogen) atoms. The lowest BCUT2D eigenvalue weighted by Crippen LogP contribution is -2.34. The standard InChI is InChI=1S/C20H19FN2O2S/c1-14-2-5-17(6-3-14)26(24,25)23-10-8-15(9-11-23)19-13-22-20-7-4-16(21)12-18(19)20/h2-8,12-13,22H,9-11H2,1H3. The zero-order valence-electron chi connectivity index (χ0n) is 14.4. The first-order chi connectivity index (χ1) is 12.4. The van der Waals surface area contributed by atoms with Crippen LogP contribution >= 0.6 is 0 Å². The van der Waals surface area contributed by atoms with E-state index in [1.807, 2.05) is 19.2 Å². The molecule has 2 heterocycles. The van der Waals surface area contributed by atoms with Crippen LogP contribution in [0.15, 0.2) is 59.6 Å². The number of nitrogens with one attached hydrogen (secondary N) is 1. The van der Waals surface area contributed by atoms with Crippen LogP contribution in [0.4, 0.5) is 4.39 Å². The zero-order chi connectivity index (χ0) is 18.3. The summed E-state index contributed by atoms with van der Waals surface area (Å²) >= 11 is 0. The summed E-state index contributed by atoms with van der Waals surface area (Å²) < 4.78 is 40.6. The van der Waals surface area contributed by atoms with Crippen LogP contribution in [0.25, 0.3) is 16.5 Å². The lowest BCUT2D eigenvalue weighted by molar-refractivity contribution is 0.441. The number of aromatic nitrogens is 1. The zero-order valence-corrected chi connectivity index (χ0v) is 15.2. The molecule has 1 aromatic heterocycles. The first-order valence-corrected chi connectivity index (χ1v) is 9.92. The van der Waals surface area contributed by atoms with E-state index in [4.69, 9.17) is 0 Å². The average Bonchev–Trinajstić information content (AvgIpc) is 3.05. The highest BCUT2D eigenvalue weighted by Crippen LogP contribution is 2.31. The fourth-order valence-electron chi connectivity index (χ4n) is 3.33. The molecule has 0 saturated carbocycles. The first-order valence-electron chi connectivity index (χ1n) is 8.48.